The third-order valence-corrected chi connectivity index (χ3v) is 5.10. The second-order valence-corrected chi connectivity index (χ2v) is 7.96. The van der Waals surface area contributed by atoms with Crippen LogP contribution in [-0.4, -0.2) is 42.4 Å². The third-order valence-electron chi connectivity index (χ3n) is 4.60. The van der Waals surface area contributed by atoms with Crippen molar-refractivity contribution in [1.29, 1.82) is 0 Å². The molecule has 1 aliphatic heterocycles. The molecule has 152 valence electrons. The molecule has 0 N–H and O–H groups in total. The lowest BCUT2D eigenvalue weighted by molar-refractivity contribution is -0.146. The van der Waals surface area contributed by atoms with Crippen LogP contribution < -0.4 is 4.74 Å². The molecule has 0 aromatic heterocycles. The van der Waals surface area contributed by atoms with Crippen molar-refractivity contribution < 1.29 is 23.9 Å². The molecular weight excluding hydrogens is 438 g/mol. The van der Waals surface area contributed by atoms with Crippen molar-refractivity contribution in [3.05, 3.63) is 63.6 Å². The van der Waals surface area contributed by atoms with Crippen LogP contribution in [0.15, 0.2) is 46.9 Å². The topological polar surface area (TPSA) is 72.9 Å². The number of carbonyl (C=O) groups is 3. The molecule has 0 atom stereocenters. The van der Waals surface area contributed by atoms with Gasteiger partial charge in [-0.25, -0.2) is 4.79 Å². The van der Waals surface area contributed by atoms with Gasteiger partial charge in [-0.2, -0.15) is 0 Å². The first-order chi connectivity index (χ1) is 13.9. The number of hydrogen-bond donors (Lipinski definition) is 0. The largest absolute Gasteiger partial charge is 0.482 e. The maximum absolute atomic E-state index is 12.4. The lowest BCUT2D eigenvalue weighted by atomic mass is 10.0. The summed E-state index contributed by atoms with van der Waals surface area (Å²) in [5, 5.41) is 0. The smallest absolute Gasteiger partial charge is 0.344 e. The molecule has 0 saturated heterocycles. The number of carbonyl (C=O) groups excluding carboxylic acids is 3. The van der Waals surface area contributed by atoms with Gasteiger partial charge in [-0.1, -0.05) is 41.9 Å². The highest BCUT2D eigenvalue weighted by Crippen LogP contribution is 2.26. The first kappa shape index (κ1) is 21.0. The van der Waals surface area contributed by atoms with Crippen molar-refractivity contribution in [2.24, 2.45) is 0 Å². The Balaban J connectivity index is 1.42. The van der Waals surface area contributed by atoms with E-state index < -0.39 is 5.97 Å². The van der Waals surface area contributed by atoms with Crippen molar-refractivity contribution in [1.82, 2.24) is 4.90 Å². The Bertz CT molecular complexity index is 941. The van der Waals surface area contributed by atoms with Gasteiger partial charge in [0.15, 0.2) is 6.61 Å². The highest BCUT2D eigenvalue weighted by Gasteiger charge is 2.35. The number of benzene rings is 2. The molecule has 0 fully saturated rings. The molecule has 0 unspecified atom stereocenters. The van der Waals surface area contributed by atoms with Gasteiger partial charge in [-0.3, -0.25) is 14.5 Å². The standard InChI is InChI=1S/C22H22BrNO5/c1-14(2)15-5-3-6-17(11-15)29-13-20(25)28-10-4-9-24-21(26)18-8-7-16(23)12-19(18)22(24)27/h3,5-8,11-12,14H,4,9-10,13H2,1-2H3. The second-order valence-electron chi connectivity index (χ2n) is 7.04. The van der Waals surface area contributed by atoms with Crippen LogP contribution in [0.2, 0.25) is 0 Å². The van der Waals surface area contributed by atoms with Crippen molar-refractivity contribution in [3.8, 4) is 5.75 Å². The number of rotatable bonds is 8. The Labute approximate surface area is 177 Å². The van der Waals surface area contributed by atoms with Crippen molar-refractivity contribution in [3.63, 3.8) is 0 Å². The molecule has 0 aliphatic carbocycles. The molecule has 7 heteroatoms. The molecule has 29 heavy (non-hydrogen) atoms. The minimum Gasteiger partial charge on any atom is -0.482 e. The molecule has 2 aromatic rings. The number of amides is 2. The van der Waals surface area contributed by atoms with Gasteiger partial charge < -0.3 is 9.47 Å². The molecule has 0 saturated carbocycles. The van der Waals surface area contributed by atoms with E-state index in [1.165, 1.54) is 4.90 Å². The fraction of sp³-hybridized carbons (Fsp3) is 0.318. The summed E-state index contributed by atoms with van der Waals surface area (Å²) in [5.41, 5.74) is 1.91. The van der Waals surface area contributed by atoms with Gasteiger partial charge >= 0.3 is 5.97 Å². The van der Waals surface area contributed by atoms with Crippen LogP contribution in [0.25, 0.3) is 0 Å². The molecular formula is C22H22BrNO5. The van der Waals surface area contributed by atoms with Gasteiger partial charge in [0.1, 0.15) is 5.75 Å². The first-order valence-electron chi connectivity index (χ1n) is 9.41. The predicted octanol–water partition coefficient (Wildman–Crippen LogP) is 4.18. The van der Waals surface area contributed by atoms with E-state index in [9.17, 15) is 14.4 Å². The summed E-state index contributed by atoms with van der Waals surface area (Å²) in [6.45, 7) is 4.27. The normalized spacial score (nSPS) is 13.0. The second kappa shape index (κ2) is 9.22. The molecule has 6 nitrogen and oxygen atoms in total. The Morgan fingerprint density at radius 2 is 1.83 bits per heavy atom. The quantitative estimate of drug-likeness (QED) is 0.336. The minimum absolute atomic E-state index is 0.103. The average Bonchev–Trinajstić information content (AvgIpc) is 2.93. The lowest BCUT2D eigenvalue weighted by Gasteiger charge is -2.14. The monoisotopic (exact) mass is 459 g/mol. The molecule has 2 amide bonds. The van der Waals surface area contributed by atoms with E-state index in [1.807, 2.05) is 18.2 Å². The highest BCUT2D eigenvalue weighted by atomic mass is 79.9. The van der Waals surface area contributed by atoms with Crippen LogP contribution in [0.4, 0.5) is 0 Å². The zero-order chi connectivity index (χ0) is 21.0. The minimum atomic E-state index is -0.494. The lowest BCUT2D eigenvalue weighted by Crippen LogP contribution is -2.31. The summed E-state index contributed by atoms with van der Waals surface area (Å²) in [5.74, 6) is -0.159. The van der Waals surface area contributed by atoms with Crippen LogP contribution in [0.5, 0.6) is 5.75 Å². The van der Waals surface area contributed by atoms with Gasteiger partial charge in [-0.05, 0) is 48.2 Å². The van der Waals surface area contributed by atoms with E-state index in [0.29, 0.717) is 29.2 Å². The number of hydrogen-bond acceptors (Lipinski definition) is 5. The van der Waals surface area contributed by atoms with Crippen molar-refractivity contribution in [2.45, 2.75) is 26.2 Å². The van der Waals surface area contributed by atoms with Crippen LogP contribution >= 0.6 is 15.9 Å². The number of imide groups is 1. The molecule has 1 heterocycles. The van der Waals surface area contributed by atoms with Gasteiger partial charge in [0.25, 0.3) is 11.8 Å². The molecule has 1 aliphatic rings. The molecule has 0 radical (unpaired) electrons. The highest BCUT2D eigenvalue weighted by molar-refractivity contribution is 9.10. The Kier molecular flexibility index (Phi) is 6.69. The predicted molar refractivity (Wildman–Crippen MR) is 111 cm³/mol. The number of halogens is 1. The van der Waals surface area contributed by atoms with Gasteiger partial charge in [0.2, 0.25) is 0 Å². The first-order valence-corrected chi connectivity index (χ1v) is 10.2. The molecule has 2 aromatic carbocycles. The zero-order valence-corrected chi connectivity index (χ0v) is 17.9. The van der Waals surface area contributed by atoms with E-state index in [0.717, 1.165) is 10.0 Å². The molecule has 0 spiro atoms. The van der Waals surface area contributed by atoms with Crippen LogP contribution in [0, 0.1) is 0 Å². The molecule has 3 rings (SSSR count). The summed E-state index contributed by atoms with van der Waals surface area (Å²) in [6.07, 6.45) is 0.362. The van der Waals surface area contributed by atoms with Crippen LogP contribution in [0.1, 0.15) is 52.5 Å². The number of esters is 1. The van der Waals surface area contributed by atoms with Crippen LogP contribution in [-0.2, 0) is 9.53 Å². The van der Waals surface area contributed by atoms with E-state index in [1.54, 1.807) is 24.3 Å². The van der Waals surface area contributed by atoms with E-state index in [4.69, 9.17) is 9.47 Å². The van der Waals surface area contributed by atoms with Gasteiger partial charge in [-0.15, -0.1) is 0 Å². The summed E-state index contributed by atoms with van der Waals surface area (Å²) >= 11 is 3.30. The maximum atomic E-state index is 12.4. The Hall–Kier alpha value is -2.67. The van der Waals surface area contributed by atoms with Gasteiger partial charge in [0.05, 0.1) is 17.7 Å². The van der Waals surface area contributed by atoms with E-state index in [-0.39, 0.29) is 31.6 Å². The van der Waals surface area contributed by atoms with E-state index in [2.05, 4.69) is 29.8 Å². The van der Waals surface area contributed by atoms with Crippen molar-refractivity contribution in [2.75, 3.05) is 19.8 Å². The third kappa shape index (κ3) is 5.03. The maximum Gasteiger partial charge on any atom is 0.344 e. The zero-order valence-electron chi connectivity index (χ0n) is 16.3. The van der Waals surface area contributed by atoms with Crippen molar-refractivity contribution >= 4 is 33.7 Å². The summed E-state index contributed by atoms with van der Waals surface area (Å²) in [4.78, 5) is 37.8. The fourth-order valence-electron chi connectivity index (χ4n) is 3.02. The summed E-state index contributed by atoms with van der Waals surface area (Å²) < 4.78 is 11.4. The van der Waals surface area contributed by atoms with Crippen LogP contribution in [0.3, 0.4) is 0 Å². The Morgan fingerprint density at radius 1 is 1.07 bits per heavy atom. The Morgan fingerprint density at radius 3 is 2.59 bits per heavy atom. The SMILES string of the molecule is CC(C)c1cccc(OCC(=O)OCCCN2C(=O)c3ccc(Br)cc3C2=O)c1. The molecule has 0 bridgehead atoms. The number of nitrogens with zero attached hydrogens (tertiary/aromatic N) is 1. The fourth-order valence-corrected chi connectivity index (χ4v) is 3.38. The number of fused-ring (bicyclic) bond motifs is 1. The summed E-state index contributed by atoms with van der Waals surface area (Å²) in [7, 11) is 0. The van der Waals surface area contributed by atoms with E-state index >= 15 is 0 Å². The summed E-state index contributed by atoms with van der Waals surface area (Å²) in [6, 6.07) is 12.6. The number of ether oxygens (including phenoxy) is 2. The average molecular weight is 460 g/mol. The van der Waals surface area contributed by atoms with Gasteiger partial charge in [0, 0.05) is 11.0 Å².